The Labute approximate surface area is 150 Å². The van der Waals surface area contributed by atoms with Crippen LogP contribution in [0.25, 0.3) is 11.4 Å². The zero-order chi connectivity index (χ0) is 18.0. The average molecular weight is 359 g/mol. The van der Waals surface area contributed by atoms with E-state index in [0.717, 1.165) is 17.0 Å². The predicted octanol–water partition coefficient (Wildman–Crippen LogP) is 2.31. The first-order valence-corrected chi connectivity index (χ1v) is 9.16. The van der Waals surface area contributed by atoms with Crippen LogP contribution in [0.4, 0.5) is 4.79 Å². The van der Waals surface area contributed by atoms with Gasteiger partial charge < -0.3 is 9.88 Å². The largest absolute Gasteiger partial charge is 0.336 e. The normalized spacial score (nSPS) is 15.3. The SMILES string of the molecule is CCn1c(S[C@@H](C)C(=O)N2CCNC2=O)nnc1-c1ccccc1C. The molecule has 8 heteroatoms. The molecule has 0 saturated carbocycles. The number of urea groups is 1. The van der Waals surface area contributed by atoms with E-state index in [1.165, 1.54) is 16.7 Å². The monoisotopic (exact) mass is 359 g/mol. The Balaban J connectivity index is 1.83. The molecule has 1 aliphatic rings. The van der Waals surface area contributed by atoms with Gasteiger partial charge in [0, 0.05) is 25.2 Å². The minimum Gasteiger partial charge on any atom is -0.336 e. The van der Waals surface area contributed by atoms with Gasteiger partial charge in [-0.15, -0.1) is 10.2 Å². The lowest BCUT2D eigenvalue weighted by molar-refractivity contribution is -0.126. The number of aromatic nitrogens is 3. The van der Waals surface area contributed by atoms with Crippen LogP contribution in [0.2, 0.25) is 0 Å². The number of carbonyl (C=O) groups excluding carboxylic acids is 2. The van der Waals surface area contributed by atoms with Crippen molar-refractivity contribution in [3.8, 4) is 11.4 Å². The molecule has 1 aromatic carbocycles. The molecule has 0 bridgehead atoms. The van der Waals surface area contributed by atoms with Crippen LogP contribution < -0.4 is 5.32 Å². The molecule has 0 spiro atoms. The summed E-state index contributed by atoms with van der Waals surface area (Å²) in [5.41, 5.74) is 2.15. The van der Waals surface area contributed by atoms with Gasteiger partial charge in [-0.2, -0.15) is 0 Å². The second-order valence-corrected chi connectivity index (χ2v) is 7.16. The maximum atomic E-state index is 12.5. The lowest BCUT2D eigenvalue weighted by Crippen LogP contribution is -2.39. The van der Waals surface area contributed by atoms with Crippen molar-refractivity contribution in [2.45, 2.75) is 37.7 Å². The number of rotatable bonds is 5. The molecule has 1 aliphatic heterocycles. The molecule has 1 saturated heterocycles. The van der Waals surface area contributed by atoms with Gasteiger partial charge in [0.1, 0.15) is 0 Å². The van der Waals surface area contributed by atoms with E-state index in [4.69, 9.17) is 0 Å². The van der Waals surface area contributed by atoms with E-state index in [0.29, 0.717) is 24.8 Å². The van der Waals surface area contributed by atoms with Crippen LogP contribution in [-0.2, 0) is 11.3 Å². The predicted molar refractivity (Wildman–Crippen MR) is 96.3 cm³/mol. The molecule has 1 atom stereocenters. The zero-order valence-corrected chi connectivity index (χ0v) is 15.3. The molecule has 3 amide bonds. The maximum absolute atomic E-state index is 12.5. The van der Waals surface area contributed by atoms with Crippen molar-refractivity contribution in [2.75, 3.05) is 13.1 Å². The second-order valence-electron chi connectivity index (χ2n) is 5.85. The standard InChI is InChI=1S/C17H21N5O2S/c1-4-21-14(13-8-6-5-7-11(13)2)19-20-17(21)25-12(3)15(23)22-10-9-18-16(22)24/h5-8,12H,4,9-10H2,1-3H3,(H,18,24)/t12-/m0/s1. The average Bonchev–Trinajstić information content (AvgIpc) is 3.20. The van der Waals surface area contributed by atoms with Crippen molar-refractivity contribution < 1.29 is 9.59 Å². The molecule has 0 unspecified atom stereocenters. The van der Waals surface area contributed by atoms with Crippen molar-refractivity contribution >= 4 is 23.7 Å². The molecule has 1 N–H and O–H groups in total. The van der Waals surface area contributed by atoms with Gasteiger partial charge in [0.25, 0.3) is 0 Å². The highest BCUT2D eigenvalue weighted by atomic mass is 32.2. The van der Waals surface area contributed by atoms with Gasteiger partial charge in [-0.25, -0.2) is 4.79 Å². The molecular weight excluding hydrogens is 338 g/mol. The van der Waals surface area contributed by atoms with E-state index >= 15 is 0 Å². The summed E-state index contributed by atoms with van der Waals surface area (Å²) in [6.07, 6.45) is 0. The van der Waals surface area contributed by atoms with Crippen LogP contribution in [0.5, 0.6) is 0 Å². The van der Waals surface area contributed by atoms with E-state index in [1.54, 1.807) is 6.92 Å². The highest BCUT2D eigenvalue weighted by Gasteiger charge is 2.31. The molecule has 0 aliphatic carbocycles. The number of thioether (sulfide) groups is 1. The first-order chi connectivity index (χ1) is 12.0. The number of carbonyl (C=O) groups is 2. The van der Waals surface area contributed by atoms with Crippen LogP contribution in [0.3, 0.4) is 0 Å². The van der Waals surface area contributed by atoms with E-state index in [2.05, 4.69) is 15.5 Å². The molecule has 132 valence electrons. The van der Waals surface area contributed by atoms with Crippen molar-refractivity contribution in [2.24, 2.45) is 0 Å². The molecule has 0 radical (unpaired) electrons. The number of aryl methyl sites for hydroxylation is 1. The Bertz CT molecular complexity index is 804. The molecule has 2 heterocycles. The maximum Gasteiger partial charge on any atom is 0.324 e. The molecule has 3 rings (SSSR count). The Hall–Kier alpha value is -2.35. The molecule has 2 aromatic rings. The van der Waals surface area contributed by atoms with Gasteiger partial charge in [0.2, 0.25) is 5.91 Å². The minimum absolute atomic E-state index is 0.205. The van der Waals surface area contributed by atoms with E-state index in [9.17, 15) is 9.59 Å². The van der Waals surface area contributed by atoms with Crippen molar-refractivity contribution in [1.29, 1.82) is 0 Å². The Kier molecular flexibility index (Phi) is 5.08. The second kappa shape index (κ2) is 7.26. The Morgan fingerprint density at radius 1 is 1.36 bits per heavy atom. The van der Waals surface area contributed by atoms with Crippen LogP contribution in [0.1, 0.15) is 19.4 Å². The van der Waals surface area contributed by atoms with E-state index in [-0.39, 0.29) is 11.9 Å². The number of hydrogen-bond acceptors (Lipinski definition) is 5. The third-order valence-corrected chi connectivity index (χ3v) is 5.24. The van der Waals surface area contributed by atoms with Crippen molar-refractivity contribution in [3.63, 3.8) is 0 Å². The van der Waals surface area contributed by atoms with Gasteiger partial charge in [-0.1, -0.05) is 36.0 Å². The number of nitrogens with zero attached hydrogens (tertiary/aromatic N) is 4. The number of amides is 3. The number of benzene rings is 1. The fourth-order valence-electron chi connectivity index (χ4n) is 2.79. The summed E-state index contributed by atoms with van der Waals surface area (Å²) >= 11 is 1.33. The summed E-state index contributed by atoms with van der Waals surface area (Å²) in [6, 6.07) is 7.69. The quantitative estimate of drug-likeness (QED) is 0.829. The summed E-state index contributed by atoms with van der Waals surface area (Å²) in [7, 11) is 0. The van der Waals surface area contributed by atoms with Crippen LogP contribution in [-0.4, -0.2) is 49.9 Å². The molecule has 7 nitrogen and oxygen atoms in total. The lowest BCUT2D eigenvalue weighted by Gasteiger charge is -2.17. The number of imide groups is 1. The van der Waals surface area contributed by atoms with Crippen molar-refractivity contribution in [3.05, 3.63) is 29.8 Å². The van der Waals surface area contributed by atoms with Gasteiger partial charge >= 0.3 is 6.03 Å². The first kappa shape index (κ1) is 17.5. The van der Waals surface area contributed by atoms with Crippen molar-refractivity contribution in [1.82, 2.24) is 25.0 Å². The molecule has 1 fully saturated rings. The number of hydrogen-bond donors (Lipinski definition) is 1. The summed E-state index contributed by atoms with van der Waals surface area (Å²) in [5, 5.41) is 11.5. The summed E-state index contributed by atoms with van der Waals surface area (Å²) in [5.74, 6) is 0.588. The third kappa shape index (κ3) is 3.39. The van der Waals surface area contributed by atoms with E-state index in [1.807, 2.05) is 42.7 Å². The van der Waals surface area contributed by atoms with Gasteiger partial charge in [0.05, 0.1) is 5.25 Å². The highest BCUT2D eigenvalue weighted by molar-refractivity contribution is 8.00. The highest BCUT2D eigenvalue weighted by Crippen LogP contribution is 2.29. The van der Waals surface area contributed by atoms with Gasteiger partial charge in [0.15, 0.2) is 11.0 Å². The topological polar surface area (TPSA) is 80.1 Å². The fraction of sp³-hybridized carbons (Fsp3) is 0.412. The molecule has 25 heavy (non-hydrogen) atoms. The fourth-order valence-corrected chi connectivity index (χ4v) is 3.77. The third-order valence-electron chi connectivity index (χ3n) is 4.17. The zero-order valence-electron chi connectivity index (χ0n) is 14.5. The van der Waals surface area contributed by atoms with Crippen LogP contribution in [0.15, 0.2) is 29.4 Å². The smallest absolute Gasteiger partial charge is 0.324 e. The van der Waals surface area contributed by atoms with Crippen LogP contribution >= 0.6 is 11.8 Å². The van der Waals surface area contributed by atoms with Gasteiger partial charge in [-0.05, 0) is 26.3 Å². The molecule has 1 aromatic heterocycles. The summed E-state index contributed by atoms with van der Waals surface area (Å²) in [4.78, 5) is 25.4. The van der Waals surface area contributed by atoms with E-state index < -0.39 is 5.25 Å². The van der Waals surface area contributed by atoms with Gasteiger partial charge in [-0.3, -0.25) is 9.69 Å². The first-order valence-electron chi connectivity index (χ1n) is 8.28. The molecular formula is C17H21N5O2S. The lowest BCUT2D eigenvalue weighted by atomic mass is 10.1. The minimum atomic E-state index is -0.414. The summed E-state index contributed by atoms with van der Waals surface area (Å²) < 4.78 is 2.00. The summed E-state index contributed by atoms with van der Waals surface area (Å²) in [6.45, 7) is 7.47. The number of nitrogens with one attached hydrogen (secondary N) is 1. The Morgan fingerprint density at radius 3 is 2.76 bits per heavy atom. The van der Waals surface area contributed by atoms with Crippen LogP contribution in [0, 0.1) is 6.92 Å². The Morgan fingerprint density at radius 2 is 2.12 bits per heavy atom.